The van der Waals surface area contributed by atoms with E-state index >= 15 is 0 Å². The average molecular weight is 294 g/mol. The van der Waals surface area contributed by atoms with Crippen LogP contribution in [0.15, 0.2) is 41.2 Å². The third-order valence-electron chi connectivity index (χ3n) is 2.66. The molecule has 0 aliphatic carbocycles. The summed E-state index contributed by atoms with van der Waals surface area (Å²) in [5, 5.41) is 4.38. The van der Waals surface area contributed by atoms with Crippen molar-refractivity contribution in [1.29, 1.82) is 0 Å². The minimum absolute atomic E-state index is 0.220. The molecule has 0 aliphatic heterocycles. The Morgan fingerprint density at radius 1 is 1.14 bits per heavy atom. The number of amides is 2. The summed E-state index contributed by atoms with van der Waals surface area (Å²) in [6, 6.07) is 4.30. The fourth-order valence-corrected chi connectivity index (χ4v) is 1.61. The highest BCUT2D eigenvalue weighted by Crippen LogP contribution is 2.14. The lowest BCUT2D eigenvalue weighted by Gasteiger charge is -2.07. The van der Waals surface area contributed by atoms with E-state index in [4.69, 9.17) is 4.42 Å². The van der Waals surface area contributed by atoms with Crippen LogP contribution in [0.25, 0.3) is 0 Å². The summed E-state index contributed by atoms with van der Waals surface area (Å²) in [6.07, 6.45) is 3.51. The lowest BCUT2D eigenvalue weighted by molar-refractivity contribution is -0.136. The highest BCUT2D eigenvalue weighted by molar-refractivity contribution is 6.39. The molecule has 0 fully saturated rings. The number of halogens is 2. The van der Waals surface area contributed by atoms with E-state index in [0.29, 0.717) is 6.42 Å². The van der Waals surface area contributed by atoms with E-state index in [2.05, 4.69) is 5.32 Å². The normalized spacial score (nSPS) is 10.2. The average Bonchev–Trinajstić information content (AvgIpc) is 2.96. The molecular weight excluding hydrogens is 282 g/mol. The van der Waals surface area contributed by atoms with Gasteiger partial charge in [-0.05, 0) is 30.2 Å². The molecule has 0 bridgehead atoms. The van der Waals surface area contributed by atoms with Crippen LogP contribution in [0, 0.1) is 11.6 Å². The molecular formula is C14H12F2N2O3. The molecule has 0 unspecified atom stereocenters. The van der Waals surface area contributed by atoms with Crippen molar-refractivity contribution in [2.75, 3.05) is 11.9 Å². The summed E-state index contributed by atoms with van der Waals surface area (Å²) >= 11 is 0. The minimum Gasteiger partial charge on any atom is -0.472 e. The van der Waals surface area contributed by atoms with Crippen molar-refractivity contribution < 1.29 is 22.8 Å². The maximum absolute atomic E-state index is 13.3. The van der Waals surface area contributed by atoms with E-state index in [-0.39, 0.29) is 12.2 Å². The third-order valence-corrected chi connectivity index (χ3v) is 2.66. The number of carbonyl (C=O) groups is 2. The van der Waals surface area contributed by atoms with Crippen molar-refractivity contribution in [2.24, 2.45) is 0 Å². The second-order valence-electron chi connectivity index (χ2n) is 4.22. The fraction of sp³-hybridized carbons (Fsp3) is 0.143. The molecule has 0 saturated heterocycles. The second kappa shape index (κ2) is 6.65. The Bertz CT molecular complexity index is 642. The molecule has 1 aromatic heterocycles. The summed E-state index contributed by atoms with van der Waals surface area (Å²) < 4.78 is 31.1. The second-order valence-corrected chi connectivity index (χ2v) is 4.22. The van der Waals surface area contributed by atoms with Gasteiger partial charge in [-0.3, -0.25) is 9.59 Å². The zero-order chi connectivity index (χ0) is 15.2. The maximum atomic E-state index is 13.3. The van der Waals surface area contributed by atoms with Crippen molar-refractivity contribution in [1.82, 2.24) is 5.32 Å². The van der Waals surface area contributed by atoms with Crippen molar-refractivity contribution in [3.05, 3.63) is 54.0 Å². The van der Waals surface area contributed by atoms with E-state index < -0.39 is 23.4 Å². The predicted molar refractivity (Wildman–Crippen MR) is 70.4 cm³/mol. The molecule has 0 spiro atoms. The van der Waals surface area contributed by atoms with Crippen LogP contribution in [0.5, 0.6) is 0 Å². The quantitative estimate of drug-likeness (QED) is 0.845. The highest BCUT2D eigenvalue weighted by Gasteiger charge is 2.15. The fourth-order valence-electron chi connectivity index (χ4n) is 1.61. The van der Waals surface area contributed by atoms with Crippen LogP contribution in [-0.2, 0) is 16.0 Å². The van der Waals surface area contributed by atoms with Crippen LogP contribution in [-0.4, -0.2) is 18.4 Å². The first-order chi connectivity index (χ1) is 10.1. The molecule has 2 rings (SSSR count). The van der Waals surface area contributed by atoms with Gasteiger partial charge in [0.05, 0.1) is 18.2 Å². The molecule has 5 nitrogen and oxygen atoms in total. The molecule has 0 saturated carbocycles. The Hall–Kier alpha value is -2.70. The van der Waals surface area contributed by atoms with E-state index in [1.807, 2.05) is 5.32 Å². The Morgan fingerprint density at radius 3 is 2.67 bits per heavy atom. The molecule has 7 heteroatoms. The van der Waals surface area contributed by atoms with Gasteiger partial charge < -0.3 is 15.1 Å². The standard InChI is InChI=1S/C14H12F2N2O3/c15-10-1-2-11(16)12(7-10)18-14(20)13(19)17-5-3-9-4-6-21-8-9/h1-2,4,6-8H,3,5H2,(H,17,19)(H,18,20). The lowest BCUT2D eigenvalue weighted by atomic mass is 10.2. The first-order valence-corrected chi connectivity index (χ1v) is 6.11. The van der Waals surface area contributed by atoms with Gasteiger partial charge in [-0.25, -0.2) is 8.78 Å². The Balaban J connectivity index is 1.84. The van der Waals surface area contributed by atoms with Gasteiger partial charge >= 0.3 is 11.8 Å². The number of nitrogens with one attached hydrogen (secondary N) is 2. The summed E-state index contributed by atoms with van der Waals surface area (Å²) in [4.78, 5) is 23.0. The van der Waals surface area contributed by atoms with Crippen molar-refractivity contribution in [3.8, 4) is 0 Å². The van der Waals surface area contributed by atoms with Crippen LogP contribution in [0.4, 0.5) is 14.5 Å². The molecule has 0 aliphatic rings. The van der Waals surface area contributed by atoms with Crippen LogP contribution in [0.2, 0.25) is 0 Å². The molecule has 2 aromatic rings. The number of hydrogen-bond donors (Lipinski definition) is 2. The number of hydrogen-bond acceptors (Lipinski definition) is 3. The van der Waals surface area contributed by atoms with Gasteiger partial charge in [-0.1, -0.05) is 0 Å². The zero-order valence-corrected chi connectivity index (χ0v) is 10.9. The predicted octanol–water partition coefficient (Wildman–Crippen LogP) is 1.86. The summed E-state index contributed by atoms with van der Waals surface area (Å²) in [5.74, 6) is -3.53. The van der Waals surface area contributed by atoms with Crippen LogP contribution < -0.4 is 10.6 Å². The first-order valence-electron chi connectivity index (χ1n) is 6.11. The molecule has 2 N–H and O–H groups in total. The van der Waals surface area contributed by atoms with E-state index in [0.717, 1.165) is 23.8 Å². The number of rotatable bonds is 4. The number of benzene rings is 1. The summed E-state index contributed by atoms with van der Waals surface area (Å²) in [7, 11) is 0. The molecule has 0 radical (unpaired) electrons. The van der Waals surface area contributed by atoms with Crippen LogP contribution in [0.3, 0.4) is 0 Å². The van der Waals surface area contributed by atoms with Crippen molar-refractivity contribution in [2.45, 2.75) is 6.42 Å². The maximum Gasteiger partial charge on any atom is 0.313 e. The summed E-state index contributed by atoms with van der Waals surface area (Å²) in [5.41, 5.74) is 0.483. The van der Waals surface area contributed by atoms with Crippen LogP contribution in [0.1, 0.15) is 5.56 Å². The first kappa shape index (κ1) is 14.7. The summed E-state index contributed by atoms with van der Waals surface area (Å²) in [6.45, 7) is 0.220. The number of anilines is 1. The largest absolute Gasteiger partial charge is 0.472 e. The Morgan fingerprint density at radius 2 is 1.95 bits per heavy atom. The molecule has 1 heterocycles. The Kier molecular flexibility index (Phi) is 4.65. The van der Waals surface area contributed by atoms with Crippen molar-refractivity contribution in [3.63, 3.8) is 0 Å². The monoisotopic (exact) mass is 294 g/mol. The minimum atomic E-state index is -1.06. The third kappa shape index (κ3) is 4.13. The Labute approximate surface area is 118 Å². The highest BCUT2D eigenvalue weighted by atomic mass is 19.1. The van der Waals surface area contributed by atoms with Gasteiger partial charge in [0, 0.05) is 12.6 Å². The van der Waals surface area contributed by atoms with Crippen molar-refractivity contribution >= 4 is 17.5 Å². The molecule has 2 amide bonds. The number of furan rings is 1. The van der Waals surface area contributed by atoms with Crippen LogP contribution >= 0.6 is 0 Å². The SMILES string of the molecule is O=C(NCCc1ccoc1)C(=O)Nc1cc(F)ccc1F. The molecule has 0 atom stereocenters. The smallest absolute Gasteiger partial charge is 0.313 e. The molecule has 21 heavy (non-hydrogen) atoms. The van der Waals surface area contributed by atoms with Gasteiger partial charge in [0.1, 0.15) is 11.6 Å². The van der Waals surface area contributed by atoms with Gasteiger partial charge in [0.25, 0.3) is 0 Å². The van der Waals surface area contributed by atoms with Gasteiger partial charge in [-0.15, -0.1) is 0 Å². The van der Waals surface area contributed by atoms with Gasteiger partial charge in [0.15, 0.2) is 0 Å². The topological polar surface area (TPSA) is 71.3 Å². The molecule has 110 valence electrons. The van der Waals surface area contributed by atoms with E-state index in [1.165, 1.54) is 12.5 Å². The molecule has 1 aromatic carbocycles. The van der Waals surface area contributed by atoms with Gasteiger partial charge in [0.2, 0.25) is 0 Å². The zero-order valence-electron chi connectivity index (χ0n) is 10.9. The lowest BCUT2D eigenvalue weighted by Crippen LogP contribution is -2.36. The number of carbonyl (C=O) groups excluding carboxylic acids is 2. The van der Waals surface area contributed by atoms with Gasteiger partial charge in [-0.2, -0.15) is 0 Å². The van der Waals surface area contributed by atoms with E-state index in [9.17, 15) is 18.4 Å². The van der Waals surface area contributed by atoms with E-state index in [1.54, 1.807) is 6.07 Å².